The Kier molecular flexibility index (Phi) is 4.77. The lowest BCUT2D eigenvalue weighted by Crippen LogP contribution is -2.37. The van der Waals surface area contributed by atoms with Crippen molar-refractivity contribution in [1.82, 2.24) is 5.32 Å². The molecule has 1 atom stereocenters. The summed E-state index contributed by atoms with van der Waals surface area (Å²) in [5.41, 5.74) is 2.67. The number of ether oxygens (including phenoxy) is 1. The Bertz CT molecular complexity index is 368. The van der Waals surface area contributed by atoms with Crippen molar-refractivity contribution < 1.29 is 9.53 Å². The number of methoxy groups -OCH3 is 1. The Morgan fingerprint density at radius 3 is 2.81 bits per heavy atom. The highest BCUT2D eigenvalue weighted by Gasteiger charge is 2.19. The minimum atomic E-state index is -0.146. The van der Waals surface area contributed by atoms with E-state index >= 15 is 0 Å². The van der Waals surface area contributed by atoms with Gasteiger partial charge in [-0.05, 0) is 17.5 Å². The van der Waals surface area contributed by atoms with Gasteiger partial charge in [0, 0.05) is 12.6 Å². The van der Waals surface area contributed by atoms with Gasteiger partial charge in [0.25, 0.3) is 0 Å². The van der Waals surface area contributed by atoms with E-state index in [2.05, 4.69) is 22.2 Å². The third kappa shape index (κ3) is 2.97. The average molecular weight is 242 g/mol. The molecule has 1 aromatic rings. The van der Waals surface area contributed by atoms with E-state index in [4.69, 9.17) is 0 Å². The maximum absolute atomic E-state index is 11.1. The third-order valence-corrected chi connectivity index (χ3v) is 2.81. The van der Waals surface area contributed by atoms with E-state index in [1.54, 1.807) is 0 Å². The summed E-state index contributed by atoms with van der Waals surface area (Å²) in [5, 5.41) is 3.34. The molecule has 2 rings (SSSR count). The Labute approximate surface area is 102 Å². The summed E-state index contributed by atoms with van der Waals surface area (Å²) >= 11 is 0. The number of esters is 1. The molecule has 1 aliphatic rings. The molecule has 3 nitrogen and oxygen atoms in total. The summed E-state index contributed by atoms with van der Waals surface area (Å²) in [6.45, 7) is 0.845. The second-order valence-corrected chi connectivity index (χ2v) is 3.83. The Morgan fingerprint density at radius 1 is 1.44 bits per heavy atom. The molecule has 1 heterocycles. The van der Waals surface area contributed by atoms with E-state index in [1.165, 1.54) is 18.2 Å². The molecular weight excluding hydrogens is 226 g/mol. The van der Waals surface area contributed by atoms with E-state index in [0.29, 0.717) is 6.42 Å². The summed E-state index contributed by atoms with van der Waals surface area (Å²) in [5.74, 6) is -0.146. The van der Waals surface area contributed by atoms with Crippen molar-refractivity contribution in [3.8, 4) is 0 Å². The summed E-state index contributed by atoms with van der Waals surface area (Å²) < 4.78 is 4.66. The molecule has 1 N–H and O–H groups in total. The number of fused-ring (bicyclic) bond motifs is 1. The number of nitrogens with one attached hydrogen (secondary N) is 1. The van der Waals surface area contributed by atoms with E-state index in [-0.39, 0.29) is 24.4 Å². The topological polar surface area (TPSA) is 38.3 Å². The van der Waals surface area contributed by atoms with Crippen LogP contribution in [0.4, 0.5) is 0 Å². The molecule has 0 aromatic heterocycles. The van der Waals surface area contributed by atoms with Crippen LogP contribution in [-0.4, -0.2) is 19.1 Å². The second kappa shape index (κ2) is 5.87. The van der Waals surface area contributed by atoms with E-state index < -0.39 is 0 Å². The smallest absolute Gasteiger partial charge is 0.307 e. The van der Waals surface area contributed by atoms with Crippen LogP contribution in [-0.2, 0) is 22.5 Å². The van der Waals surface area contributed by atoms with Gasteiger partial charge in [-0.2, -0.15) is 0 Å². The maximum atomic E-state index is 11.1. The minimum Gasteiger partial charge on any atom is -0.469 e. The zero-order valence-electron chi connectivity index (χ0n) is 9.23. The number of halogens is 1. The molecule has 0 saturated carbocycles. The van der Waals surface area contributed by atoms with Gasteiger partial charge < -0.3 is 10.1 Å². The van der Waals surface area contributed by atoms with Gasteiger partial charge in [0.15, 0.2) is 0 Å². The molecule has 0 aliphatic carbocycles. The fraction of sp³-hybridized carbons (Fsp3) is 0.417. The van der Waals surface area contributed by atoms with Crippen molar-refractivity contribution in [3.05, 3.63) is 35.4 Å². The van der Waals surface area contributed by atoms with Crippen LogP contribution in [0.25, 0.3) is 0 Å². The fourth-order valence-electron chi connectivity index (χ4n) is 1.95. The van der Waals surface area contributed by atoms with Crippen LogP contribution >= 0.6 is 12.4 Å². The Balaban J connectivity index is 0.00000128. The molecule has 0 spiro atoms. The molecule has 1 aliphatic heterocycles. The summed E-state index contributed by atoms with van der Waals surface area (Å²) in [4.78, 5) is 11.1. The average Bonchev–Trinajstić information content (AvgIpc) is 2.29. The lowest BCUT2D eigenvalue weighted by atomic mass is 9.94. The summed E-state index contributed by atoms with van der Waals surface area (Å²) in [7, 11) is 1.43. The maximum Gasteiger partial charge on any atom is 0.307 e. The van der Waals surface area contributed by atoms with Crippen LogP contribution in [0, 0.1) is 0 Å². The number of benzene rings is 1. The molecule has 0 fully saturated rings. The SMILES string of the molecule is COC(=O)CC1Cc2ccccc2CN1.Cl. The number of hydrogen-bond acceptors (Lipinski definition) is 3. The third-order valence-electron chi connectivity index (χ3n) is 2.81. The zero-order chi connectivity index (χ0) is 10.7. The van der Waals surface area contributed by atoms with Crippen LogP contribution in [0.5, 0.6) is 0 Å². The first kappa shape index (κ1) is 13.0. The highest BCUT2D eigenvalue weighted by Crippen LogP contribution is 2.17. The number of rotatable bonds is 2. The predicted molar refractivity (Wildman–Crippen MR) is 64.7 cm³/mol. The van der Waals surface area contributed by atoms with Crippen molar-refractivity contribution in [3.63, 3.8) is 0 Å². The first-order chi connectivity index (χ1) is 7.29. The molecule has 0 bridgehead atoms. The van der Waals surface area contributed by atoms with E-state index in [0.717, 1.165) is 13.0 Å². The van der Waals surface area contributed by atoms with Crippen molar-refractivity contribution in [2.45, 2.75) is 25.4 Å². The highest BCUT2D eigenvalue weighted by atomic mass is 35.5. The number of carbonyl (C=O) groups is 1. The molecule has 1 aromatic carbocycles. The normalized spacial score (nSPS) is 18.2. The second-order valence-electron chi connectivity index (χ2n) is 3.83. The van der Waals surface area contributed by atoms with E-state index in [1.807, 2.05) is 12.1 Å². The largest absolute Gasteiger partial charge is 0.469 e. The molecule has 1 unspecified atom stereocenters. The van der Waals surface area contributed by atoms with Crippen molar-refractivity contribution in [1.29, 1.82) is 0 Å². The van der Waals surface area contributed by atoms with Crippen LogP contribution in [0.1, 0.15) is 17.5 Å². The predicted octanol–water partition coefficient (Wildman–Crippen LogP) is 1.69. The van der Waals surface area contributed by atoms with Gasteiger partial charge in [0.2, 0.25) is 0 Å². The lowest BCUT2D eigenvalue weighted by Gasteiger charge is -2.25. The van der Waals surface area contributed by atoms with Crippen molar-refractivity contribution >= 4 is 18.4 Å². The molecular formula is C12H16ClNO2. The Hall–Kier alpha value is -1.06. The molecule has 16 heavy (non-hydrogen) atoms. The van der Waals surface area contributed by atoms with Crippen LogP contribution in [0.2, 0.25) is 0 Å². The number of hydrogen-bond donors (Lipinski definition) is 1. The Morgan fingerprint density at radius 2 is 2.12 bits per heavy atom. The molecule has 0 amide bonds. The van der Waals surface area contributed by atoms with Gasteiger partial charge in [0.05, 0.1) is 13.5 Å². The molecule has 0 radical (unpaired) electrons. The van der Waals surface area contributed by atoms with Gasteiger partial charge in [-0.3, -0.25) is 4.79 Å². The van der Waals surface area contributed by atoms with Gasteiger partial charge in [-0.25, -0.2) is 0 Å². The van der Waals surface area contributed by atoms with Crippen molar-refractivity contribution in [2.24, 2.45) is 0 Å². The van der Waals surface area contributed by atoms with Gasteiger partial charge in [0.1, 0.15) is 0 Å². The zero-order valence-corrected chi connectivity index (χ0v) is 10.0. The molecule has 0 saturated heterocycles. The van der Waals surface area contributed by atoms with Gasteiger partial charge in [-0.15, -0.1) is 12.4 Å². The van der Waals surface area contributed by atoms with Crippen LogP contribution in [0.3, 0.4) is 0 Å². The van der Waals surface area contributed by atoms with E-state index in [9.17, 15) is 4.79 Å². The summed E-state index contributed by atoms with van der Waals surface area (Å²) in [6, 6.07) is 8.55. The lowest BCUT2D eigenvalue weighted by molar-refractivity contribution is -0.141. The minimum absolute atomic E-state index is 0. The fourth-order valence-corrected chi connectivity index (χ4v) is 1.95. The van der Waals surface area contributed by atoms with Crippen LogP contribution in [0.15, 0.2) is 24.3 Å². The van der Waals surface area contributed by atoms with Gasteiger partial charge >= 0.3 is 5.97 Å². The number of carbonyl (C=O) groups excluding carboxylic acids is 1. The first-order valence-corrected chi connectivity index (χ1v) is 5.16. The summed E-state index contributed by atoms with van der Waals surface area (Å²) in [6.07, 6.45) is 1.36. The monoisotopic (exact) mass is 241 g/mol. The standard InChI is InChI=1S/C12H15NO2.ClH/c1-15-12(14)7-11-6-9-4-2-3-5-10(9)8-13-11;/h2-5,11,13H,6-8H2,1H3;1H. The molecule has 88 valence electrons. The highest BCUT2D eigenvalue weighted by molar-refractivity contribution is 5.85. The van der Waals surface area contributed by atoms with Crippen LogP contribution < -0.4 is 5.32 Å². The quantitative estimate of drug-likeness (QED) is 0.801. The molecule has 4 heteroatoms. The first-order valence-electron chi connectivity index (χ1n) is 5.16. The van der Waals surface area contributed by atoms with Crippen molar-refractivity contribution in [2.75, 3.05) is 7.11 Å². The van der Waals surface area contributed by atoms with Gasteiger partial charge in [-0.1, -0.05) is 24.3 Å².